The van der Waals surface area contributed by atoms with Crippen molar-refractivity contribution < 1.29 is 0 Å². The molecule has 3 rings (SSSR count). The standard InChI is InChI=1S/C14H17Cl2N/c1-9-4-10-7-17(8-11(10)5-9)12-2-3-13(15)14(16)6-12/h2-3,6,9-11H,4-5,7-8H2,1H3/t9?,10-,11+. The number of nitrogens with zero attached hydrogens (tertiary/aromatic N) is 1. The van der Waals surface area contributed by atoms with Crippen LogP contribution in [-0.2, 0) is 0 Å². The normalized spacial score (nSPS) is 31.9. The molecule has 3 heteroatoms. The summed E-state index contributed by atoms with van der Waals surface area (Å²) < 4.78 is 0. The molecule has 1 saturated carbocycles. The van der Waals surface area contributed by atoms with Gasteiger partial charge in [-0.1, -0.05) is 30.1 Å². The van der Waals surface area contributed by atoms with Gasteiger partial charge in [0.1, 0.15) is 0 Å². The molecule has 1 aliphatic heterocycles. The molecule has 0 spiro atoms. The molecule has 0 aromatic heterocycles. The first-order chi connectivity index (χ1) is 8.13. The van der Waals surface area contributed by atoms with Crippen molar-refractivity contribution in [2.45, 2.75) is 19.8 Å². The van der Waals surface area contributed by atoms with Gasteiger partial charge in [-0.05, 0) is 48.8 Å². The third-order valence-corrected chi connectivity index (χ3v) is 4.99. The van der Waals surface area contributed by atoms with Crippen LogP contribution in [0.2, 0.25) is 10.0 Å². The number of benzene rings is 1. The van der Waals surface area contributed by atoms with Gasteiger partial charge in [0.05, 0.1) is 10.0 Å². The van der Waals surface area contributed by atoms with Crippen LogP contribution in [0.3, 0.4) is 0 Å². The first-order valence-corrected chi connectivity index (χ1v) is 7.09. The molecule has 92 valence electrons. The van der Waals surface area contributed by atoms with Gasteiger partial charge in [0.25, 0.3) is 0 Å². The monoisotopic (exact) mass is 269 g/mol. The molecular weight excluding hydrogens is 253 g/mol. The van der Waals surface area contributed by atoms with E-state index in [-0.39, 0.29) is 0 Å². The fourth-order valence-electron chi connectivity index (χ4n) is 3.50. The lowest BCUT2D eigenvalue weighted by molar-refractivity contribution is 0.494. The summed E-state index contributed by atoms with van der Waals surface area (Å²) in [5, 5.41) is 1.30. The second-order valence-electron chi connectivity index (χ2n) is 5.60. The minimum atomic E-state index is 0.642. The number of rotatable bonds is 1. The lowest BCUT2D eigenvalue weighted by Crippen LogP contribution is -2.21. The minimum absolute atomic E-state index is 0.642. The lowest BCUT2D eigenvalue weighted by atomic mass is 10.0. The summed E-state index contributed by atoms with van der Waals surface area (Å²) in [5.74, 6) is 2.69. The lowest BCUT2D eigenvalue weighted by Gasteiger charge is -2.20. The smallest absolute Gasteiger partial charge is 0.0612 e. The maximum Gasteiger partial charge on any atom is 0.0612 e. The highest BCUT2D eigenvalue weighted by Crippen LogP contribution is 2.43. The topological polar surface area (TPSA) is 3.24 Å². The van der Waals surface area contributed by atoms with Crippen LogP contribution in [0.4, 0.5) is 5.69 Å². The molecule has 0 N–H and O–H groups in total. The molecule has 1 aliphatic carbocycles. The van der Waals surface area contributed by atoms with Crippen molar-refractivity contribution >= 4 is 28.9 Å². The zero-order valence-electron chi connectivity index (χ0n) is 10.00. The first kappa shape index (κ1) is 11.7. The third kappa shape index (κ3) is 2.15. The Morgan fingerprint density at radius 1 is 1.06 bits per heavy atom. The van der Waals surface area contributed by atoms with E-state index in [0.717, 1.165) is 17.8 Å². The molecule has 1 nitrogen and oxygen atoms in total. The van der Waals surface area contributed by atoms with E-state index in [1.165, 1.54) is 31.6 Å². The van der Waals surface area contributed by atoms with Gasteiger partial charge in [0.15, 0.2) is 0 Å². The van der Waals surface area contributed by atoms with Gasteiger partial charge in [-0.2, -0.15) is 0 Å². The van der Waals surface area contributed by atoms with Gasteiger partial charge in [0, 0.05) is 18.8 Å². The van der Waals surface area contributed by atoms with Crippen molar-refractivity contribution in [3.8, 4) is 0 Å². The Hall–Kier alpha value is -0.400. The van der Waals surface area contributed by atoms with Crippen LogP contribution in [0, 0.1) is 17.8 Å². The summed E-state index contributed by atoms with van der Waals surface area (Å²) in [5.41, 5.74) is 1.22. The molecule has 2 fully saturated rings. The van der Waals surface area contributed by atoms with Gasteiger partial charge in [-0.25, -0.2) is 0 Å². The van der Waals surface area contributed by atoms with Crippen molar-refractivity contribution in [1.82, 2.24) is 0 Å². The molecule has 17 heavy (non-hydrogen) atoms. The summed E-state index contributed by atoms with van der Waals surface area (Å²) in [6.45, 7) is 4.75. The number of hydrogen-bond acceptors (Lipinski definition) is 1. The summed E-state index contributed by atoms with van der Waals surface area (Å²) >= 11 is 12.0. The Bertz CT molecular complexity index is 418. The van der Waals surface area contributed by atoms with E-state index in [1.54, 1.807) is 0 Å². The van der Waals surface area contributed by atoms with Crippen LogP contribution in [0.1, 0.15) is 19.8 Å². The molecule has 2 aliphatic rings. The van der Waals surface area contributed by atoms with Crippen LogP contribution in [-0.4, -0.2) is 13.1 Å². The maximum absolute atomic E-state index is 6.08. The van der Waals surface area contributed by atoms with Crippen molar-refractivity contribution in [3.63, 3.8) is 0 Å². The summed E-state index contributed by atoms with van der Waals surface area (Å²) in [4.78, 5) is 2.46. The highest BCUT2D eigenvalue weighted by atomic mass is 35.5. The summed E-state index contributed by atoms with van der Waals surface area (Å²) in [6.07, 6.45) is 2.78. The largest absolute Gasteiger partial charge is 0.371 e. The SMILES string of the molecule is CC1C[C@@H]2CN(c3ccc(Cl)c(Cl)c3)C[C@@H]2C1. The quantitative estimate of drug-likeness (QED) is 0.727. The fourth-order valence-corrected chi connectivity index (χ4v) is 3.79. The average molecular weight is 270 g/mol. The van der Waals surface area contributed by atoms with Crippen LogP contribution in [0.5, 0.6) is 0 Å². The molecule has 1 aromatic carbocycles. The molecule has 0 amide bonds. The zero-order chi connectivity index (χ0) is 12.0. The van der Waals surface area contributed by atoms with E-state index in [9.17, 15) is 0 Å². The average Bonchev–Trinajstić information content (AvgIpc) is 2.79. The Balaban J connectivity index is 1.77. The van der Waals surface area contributed by atoms with Gasteiger partial charge in [-0.3, -0.25) is 0 Å². The summed E-state index contributed by atoms with van der Waals surface area (Å²) in [7, 11) is 0. The molecule has 3 atom stereocenters. The van der Waals surface area contributed by atoms with Crippen LogP contribution in [0.15, 0.2) is 18.2 Å². The van der Waals surface area contributed by atoms with Crippen molar-refractivity contribution in [1.29, 1.82) is 0 Å². The van der Waals surface area contributed by atoms with Crippen molar-refractivity contribution in [3.05, 3.63) is 28.2 Å². The van der Waals surface area contributed by atoms with E-state index in [0.29, 0.717) is 10.0 Å². The van der Waals surface area contributed by atoms with E-state index < -0.39 is 0 Å². The molecule has 1 saturated heterocycles. The molecule has 1 aromatic rings. The van der Waals surface area contributed by atoms with E-state index in [1.807, 2.05) is 12.1 Å². The summed E-state index contributed by atoms with van der Waals surface area (Å²) in [6, 6.07) is 5.98. The maximum atomic E-state index is 6.08. The Morgan fingerprint density at radius 2 is 1.71 bits per heavy atom. The molecule has 1 unspecified atom stereocenters. The Morgan fingerprint density at radius 3 is 2.29 bits per heavy atom. The van der Waals surface area contributed by atoms with E-state index in [2.05, 4.69) is 17.9 Å². The fraction of sp³-hybridized carbons (Fsp3) is 0.571. The Kier molecular flexibility index (Phi) is 3.00. The molecular formula is C14H17Cl2N. The predicted octanol–water partition coefficient (Wildman–Crippen LogP) is 4.48. The second kappa shape index (κ2) is 4.37. The van der Waals surface area contributed by atoms with Crippen LogP contribution in [0.25, 0.3) is 0 Å². The van der Waals surface area contributed by atoms with Gasteiger partial charge < -0.3 is 4.90 Å². The first-order valence-electron chi connectivity index (χ1n) is 6.33. The highest BCUT2D eigenvalue weighted by Gasteiger charge is 2.39. The van der Waals surface area contributed by atoms with Gasteiger partial charge in [-0.15, -0.1) is 0 Å². The molecule has 1 heterocycles. The number of fused-ring (bicyclic) bond motifs is 1. The Labute approximate surface area is 113 Å². The number of hydrogen-bond donors (Lipinski definition) is 0. The number of halogens is 2. The minimum Gasteiger partial charge on any atom is -0.371 e. The molecule has 0 bridgehead atoms. The van der Waals surface area contributed by atoms with Crippen molar-refractivity contribution in [2.24, 2.45) is 17.8 Å². The molecule has 0 radical (unpaired) electrons. The van der Waals surface area contributed by atoms with E-state index >= 15 is 0 Å². The van der Waals surface area contributed by atoms with Gasteiger partial charge >= 0.3 is 0 Å². The number of anilines is 1. The van der Waals surface area contributed by atoms with Crippen LogP contribution >= 0.6 is 23.2 Å². The zero-order valence-corrected chi connectivity index (χ0v) is 11.5. The predicted molar refractivity (Wildman–Crippen MR) is 74.1 cm³/mol. The second-order valence-corrected chi connectivity index (χ2v) is 6.41. The van der Waals surface area contributed by atoms with Crippen molar-refractivity contribution in [2.75, 3.05) is 18.0 Å². The van der Waals surface area contributed by atoms with Crippen LogP contribution < -0.4 is 4.90 Å². The van der Waals surface area contributed by atoms with E-state index in [4.69, 9.17) is 23.2 Å². The third-order valence-electron chi connectivity index (χ3n) is 4.26. The van der Waals surface area contributed by atoms with Gasteiger partial charge in [0.2, 0.25) is 0 Å². The highest BCUT2D eigenvalue weighted by molar-refractivity contribution is 6.42.